The van der Waals surface area contributed by atoms with Crippen molar-refractivity contribution >= 4 is 27.6 Å². The first-order chi connectivity index (χ1) is 13.0. The van der Waals surface area contributed by atoms with Crippen molar-refractivity contribution in [2.24, 2.45) is 0 Å². The van der Waals surface area contributed by atoms with Gasteiger partial charge in [-0.15, -0.1) is 11.3 Å². The SMILES string of the molecule is COCCn1c(=O)c2c(C)c(CN3CCNC3=O)sc2n(CCOC)c1=O. The van der Waals surface area contributed by atoms with Crippen molar-refractivity contribution in [3.63, 3.8) is 0 Å². The van der Waals surface area contributed by atoms with Crippen LogP contribution in [0.4, 0.5) is 4.79 Å². The molecule has 1 fully saturated rings. The Bertz CT molecular complexity index is 961. The molecule has 27 heavy (non-hydrogen) atoms. The molecule has 3 heterocycles. The van der Waals surface area contributed by atoms with E-state index >= 15 is 0 Å². The number of carbonyl (C=O) groups excluding carboxylic acids is 1. The number of rotatable bonds is 8. The molecule has 1 N–H and O–H groups in total. The van der Waals surface area contributed by atoms with Crippen molar-refractivity contribution in [2.75, 3.05) is 40.5 Å². The molecule has 2 aromatic heterocycles. The first-order valence-corrected chi connectivity index (χ1v) is 9.57. The smallest absolute Gasteiger partial charge is 0.332 e. The fraction of sp³-hybridized carbons (Fsp3) is 0.588. The maximum atomic E-state index is 13.0. The van der Waals surface area contributed by atoms with Crippen LogP contribution in [0.2, 0.25) is 0 Å². The van der Waals surface area contributed by atoms with Gasteiger partial charge in [0.2, 0.25) is 0 Å². The average molecular weight is 396 g/mol. The van der Waals surface area contributed by atoms with Gasteiger partial charge in [-0.25, -0.2) is 9.59 Å². The third kappa shape index (κ3) is 3.64. The zero-order valence-corrected chi connectivity index (χ0v) is 16.6. The van der Waals surface area contributed by atoms with E-state index in [0.717, 1.165) is 10.4 Å². The fourth-order valence-corrected chi connectivity index (χ4v) is 4.52. The van der Waals surface area contributed by atoms with Crippen LogP contribution in [0.5, 0.6) is 0 Å². The van der Waals surface area contributed by atoms with Crippen LogP contribution in [0.3, 0.4) is 0 Å². The first kappa shape index (κ1) is 19.6. The van der Waals surface area contributed by atoms with E-state index in [9.17, 15) is 14.4 Å². The molecule has 0 aliphatic carbocycles. The Kier molecular flexibility index (Phi) is 5.98. The van der Waals surface area contributed by atoms with Gasteiger partial charge in [0.05, 0.1) is 38.2 Å². The van der Waals surface area contributed by atoms with Gasteiger partial charge >= 0.3 is 11.7 Å². The van der Waals surface area contributed by atoms with Crippen LogP contribution in [-0.2, 0) is 29.1 Å². The number of nitrogens with one attached hydrogen (secondary N) is 1. The number of hydrogen-bond acceptors (Lipinski definition) is 6. The lowest BCUT2D eigenvalue weighted by atomic mass is 10.2. The minimum atomic E-state index is -0.367. The van der Waals surface area contributed by atoms with Gasteiger partial charge in [-0.1, -0.05) is 0 Å². The van der Waals surface area contributed by atoms with Crippen LogP contribution < -0.4 is 16.6 Å². The second-order valence-electron chi connectivity index (χ2n) is 6.36. The van der Waals surface area contributed by atoms with Gasteiger partial charge in [0.25, 0.3) is 5.56 Å². The molecule has 0 radical (unpaired) electrons. The lowest BCUT2D eigenvalue weighted by Gasteiger charge is -2.12. The van der Waals surface area contributed by atoms with Gasteiger partial charge in [-0.2, -0.15) is 0 Å². The third-order valence-electron chi connectivity index (χ3n) is 4.71. The zero-order valence-electron chi connectivity index (χ0n) is 15.7. The minimum Gasteiger partial charge on any atom is -0.383 e. The van der Waals surface area contributed by atoms with E-state index in [0.29, 0.717) is 43.0 Å². The Morgan fingerprint density at radius 2 is 1.74 bits per heavy atom. The number of carbonyl (C=O) groups is 1. The van der Waals surface area contributed by atoms with E-state index in [1.807, 2.05) is 6.92 Å². The number of aryl methyl sites for hydroxylation is 1. The van der Waals surface area contributed by atoms with Crippen molar-refractivity contribution in [1.29, 1.82) is 0 Å². The Morgan fingerprint density at radius 1 is 1.07 bits per heavy atom. The Morgan fingerprint density at radius 3 is 2.33 bits per heavy atom. The first-order valence-electron chi connectivity index (χ1n) is 8.75. The van der Waals surface area contributed by atoms with E-state index in [2.05, 4.69) is 5.32 Å². The molecule has 0 bridgehead atoms. The molecule has 9 nitrogen and oxygen atoms in total. The molecule has 3 rings (SSSR count). The summed E-state index contributed by atoms with van der Waals surface area (Å²) < 4.78 is 13.0. The van der Waals surface area contributed by atoms with Gasteiger partial charge < -0.3 is 19.7 Å². The summed E-state index contributed by atoms with van der Waals surface area (Å²) in [6, 6.07) is -0.110. The molecule has 1 saturated heterocycles. The second kappa shape index (κ2) is 8.24. The third-order valence-corrected chi connectivity index (χ3v) is 6.01. The summed E-state index contributed by atoms with van der Waals surface area (Å²) in [5.74, 6) is 0. The monoisotopic (exact) mass is 396 g/mol. The highest BCUT2D eigenvalue weighted by Crippen LogP contribution is 2.29. The zero-order chi connectivity index (χ0) is 19.6. The summed E-state index contributed by atoms with van der Waals surface area (Å²) in [7, 11) is 3.10. The maximum absolute atomic E-state index is 13.0. The molecule has 1 aliphatic rings. The topological polar surface area (TPSA) is 94.8 Å². The Labute approximate surface area is 160 Å². The lowest BCUT2D eigenvalue weighted by molar-refractivity contribution is 0.179. The summed E-state index contributed by atoms with van der Waals surface area (Å²) in [6.07, 6.45) is 0. The van der Waals surface area contributed by atoms with Gasteiger partial charge in [-0.05, 0) is 12.5 Å². The molecular formula is C17H24N4O5S. The highest BCUT2D eigenvalue weighted by molar-refractivity contribution is 7.18. The maximum Gasteiger partial charge on any atom is 0.332 e. The van der Waals surface area contributed by atoms with Gasteiger partial charge in [-0.3, -0.25) is 13.9 Å². The molecule has 1 aliphatic heterocycles. The molecule has 0 atom stereocenters. The largest absolute Gasteiger partial charge is 0.383 e. The molecule has 0 aromatic carbocycles. The molecule has 0 spiro atoms. The van der Waals surface area contributed by atoms with Crippen LogP contribution in [0.25, 0.3) is 10.2 Å². The number of fused-ring (bicyclic) bond motifs is 1. The quantitative estimate of drug-likeness (QED) is 0.695. The van der Waals surface area contributed by atoms with E-state index in [4.69, 9.17) is 9.47 Å². The number of ether oxygens (including phenoxy) is 2. The van der Waals surface area contributed by atoms with Gasteiger partial charge in [0.1, 0.15) is 4.83 Å². The molecule has 0 saturated carbocycles. The van der Waals surface area contributed by atoms with Gasteiger partial charge in [0, 0.05) is 32.2 Å². The predicted octanol–water partition coefficient (Wildman–Crippen LogP) is 0.351. The van der Waals surface area contributed by atoms with Crippen molar-refractivity contribution in [1.82, 2.24) is 19.4 Å². The van der Waals surface area contributed by atoms with Crippen LogP contribution in [0.1, 0.15) is 10.4 Å². The number of thiophene rings is 1. The molecule has 2 aromatic rings. The molecule has 10 heteroatoms. The normalized spacial score (nSPS) is 14.3. The van der Waals surface area contributed by atoms with Gasteiger partial charge in [0.15, 0.2) is 0 Å². The fourth-order valence-electron chi connectivity index (χ4n) is 3.19. The van der Waals surface area contributed by atoms with E-state index in [1.165, 1.54) is 23.0 Å². The number of methoxy groups -OCH3 is 2. The summed E-state index contributed by atoms with van der Waals surface area (Å²) in [4.78, 5) is 41.0. The highest BCUT2D eigenvalue weighted by atomic mass is 32.1. The summed E-state index contributed by atoms with van der Waals surface area (Å²) in [5.41, 5.74) is 0.136. The Balaban J connectivity index is 2.14. The van der Waals surface area contributed by atoms with Crippen LogP contribution in [0, 0.1) is 6.92 Å². The van der Waals surface area contributed by atoms with Crippen molar-refractivity contribution in [3.05, 3.63) is 31.3 Å². The molecule has 2 amide bonds. The molecular weight excluding hydrogens is 372 g/mol. The summed E-state index contributed by atoms with van der Waals surface area (Å²) >= 11 is 1.39. The summed E-state index contributed by atoms with van der Waals surface area (Å²) in [6.45, 7) is 4.71. The Hall–Kier alpha value is -2.17. The minimum absolute atomic E-state index is 0.110. The number of amides is 2. The summed E-state index contributed by atoms with van der Waals surface area (Å²) in [5, 5.41) is 3.30. The number of urea groups is 1. The van der Waals surface area contributed by atoms with Crippen LogP contribution in [0.15, 0.2) is 9.59 Å². The number of nitrogens with zero attached hydrogens (tertiary/aromatic N) is 3. The lowest BCUT2D eigenvalue weighted by Crippen LogP contribution is -2.41. The van der Waals surface area contributed by atoms with E-state index in [-0.39, 0.29) is 30.4 Å². The molecule has 0 unspecified atom stereocenters. The number of aromatic nitrogens is 2. The van der Waals surface area contributed by atoms with Crippen molar-refractivity contribution in [2.45, 2.75) is 26.6 Å². The standard InChI is InChI=1S/C17H24N4O5S/c1-11-12(10-19-5-4-18-16(19)23)27-15-13(11)14(22)20(6-8-25-2)17(24)21(15)7-9-26-3/h4-10H2,1-3H3,(H,18,23). The second-order valence-corrected chi connectivity index (χ2v) is 7.44. The average Bonchev–Trinajstić information content (AvgIpc) is 3.19. The van der Waals surface area contributed by atoms with Crippen molar-refractivity contribution in [3.8, 4) is 0 Å². The van der Waals surface area contributed by atoms with Crippen LogP contribution in [-0.4, -0.2) is 60.6 Å². The number of hydrogen-bond donors (Lipinski definition) is 1. The van der Waals surface area contributed by atoms with E-state index < -0.39 is 0 Å². The van der Waals surface area contributed by atoms with E-state index in [1.54, 1.807) is 16.6 Å². The highest BCUT2D eigenvalue weighted by Gasteiger charge is 2.24. The van der Waals surface area contributed by atoms with Crippen molar-refractivity contribution < 1.29 is 14.3 Å². The predicted molar refractivity (Wildman–Crippen MR) is 103 cm³/mol. The van der Waals surface area contributed by atoms with Crippen LogP contribution >= 0.6 is 11.3 Å². The molecule has 148 valence electrons.